The second-order valence-electron chi connectivity index (χ2n) is 11.1. The summed E-state index contributed by atoms with van der Waals surface area (Å²) < 4.78 is 146. The summed E-state index contributed by atoms with van der Waals surface area (Å²) >= 11 is 0.223. The topological polar surface area (TPSA) is 105 Å². The zero-order valence-electron chi connectivity index (χ0n) is 21.7. The minimum absolute atomic E-state index is 0.0810. The van der Waals surface area contributed by atoms with Crippen molar-refractivity contribution in [2.45, 2.75) is 67.8 Å². The van der Waals surface area contributed by atoms with Crippen LogP contribution in [0.2, 0.25) is 0 Å². The van der Waals surface area contributed by atoms with Crippen molar-refractivity contribution in [2.75, 3.05) is 0 Å². The van der Waals surface area contributed by atoms with Crippen LogP contribution in [0.5, 0.6) is 23.0 Å². The first-order chi connectivity index (χ1) is 18.4. The molecule has 41 heavy (non-hydrogen) atoms. The molecule has 2 aliphatic carbocycles. The molecule has 2 aromatic carbocycles. The van der Waals surface area contributed by atoms with Crippen molar-refractivity contribution in [1.29, 1.82) is 0 Å². The summed E-state index contributed by atoms with van der Waals surface area (Å²) in [5.74, 6) is -1.71. The molecule has 4 rings (SSSR count). The molecule has 1 unspecified atom stereocenters. The van der Waals surface area contributed by atoms with E-state index in [0.29, 0.717) is 24.3 Å². The SMILES string of the molecule is CC1(C)CC2(CC(C)(C)c3cc(OS(=O)(=O)C(F)(F)F)c(OS(=O)(=O)C(F)(F)F)cc32)c2cc([O][Tl])c([O][Tl])cc21. The van der Waals surface area contributed by atoms with E-state index in [0.717, 1.165) is 23.3 Å². The van der Waals surface area contributed by atoms with Crippen molar-refractivity contribution >= 4 is 72.7 Å². The molecular weight excluding hydrogens is 991 g/mol. The Kier molecular flexibility index (Phi) is 8.01. The first-order valence-electron chi connectivity index (χ1n) is 11.6. The van der Waals surface area contributed by atoms with E-state index in [2.05, 4.69) is 8.37 Å². The van der Waals surface area contributed by atoms with Crippen molar-refractivity contribution in [3.05, 3.63) is 46.5 Å². The van der Waals surface area contributed by atoms with E-state index in [4.69, 9.17) is 5.37 Å². The molecule has 0 amide bonds. The fourth-order valence-corrected chi connectivity index (χ4v) is 8.32. The van der Waals surface area contributed by atoms with Crippen LogP contribution < -0.4 is 13.7 Å². The van der Waals surface area contributed by atoms with Crippen LogP contribution in [0.25, 0.3) is 0 Å². The zero-order chi connectivity index (χ0) is 31.2. The third-order valence-electron chi connectivity index (χ3n) is 7.36. The van der Waals surface area contributed by atoms with Gasteiger partial charge >= 0.3 is 254 Å². The third kappa shape index (κ3) is 5.44. The summed E-state index contributed by atoms with van der Waals surface area (Å²) in [5, 5.41) is 0. The molecule has 0 aliphatic heterocycles. The molecule has 1 atom stereocenters. The van der Waals surface area contributed by atoms with Crippen LogP contribution in [-0.2, 0) is 36.5 Å². The predicted molar refractivity (Wildman–Crippen MR) is 133 cm³/mol. The Morgan fingerprint density at radius 3 is 1.22 bits per heavy atom. The molecule has 0 aromatic heterocycles. The van der Waals surface area contributed by atoms with Crippen LogP contribution in [0.4, 0.5) is 26.3 Å². The Bertz CT molecular complexity index is 1640. The molecule has 0 N–H and O–H groups in total. The second-order valence-corrected chi connectivity index (χ2v) is 16.0. The minimum atomic E-state index is -6.43. The molecule has 0 saturated heterocycles. The molecule has 8 nitrogen and oxygen atoms in total. The molecular formula is C23H20F6O8S2Tl2. The number of benzene rings is 2. The standard InChI is InChI=1S/C23H22F6O8S2.2Tl/c1-19(2)9-21(13-6-16(31)15(30)5-11(13)19)10-20(3,4)12-7-17(36-38(32,33)22(24,25)26)18(8-14(12)21)37-39(34,35)23(27,28)29;;/h5-8,30-31H,9-10H2,1-4H3;;/q;2*+1/p-2. The average Bonchev–Trinajstić information content (AvgIpc) is 3.15. The summed E-state index contributed by atoms with van der Waals surface area (Å²) in [7, 11) is -12.8. The molecule has 0 saturated carbocycles. The fourth-order valence-electron chi connectivity index (χ4n) is 5.96. The summed E-state index contributed by atoms with van der Waals surface area (Å²) in [4.78, 5) is 0. The summed E-state index contributed by atoms with van der Waals surface area (Å²) in [6.45, 7) is 7.32. The van der Waals surface area contributed by atoms with Gasteiger partial charge in [-0.3, -0.25) is 0 Å². The normalized spacial score (nSPS) is 21.3. The Morgan fingerprint density at radius 2 is 0.902 bits per heavy atom. The van der Waals surface area contributed by atoms with Crippen molar-refractivity contribution in [3.63, 3.8) is 0 Å². The van der Waals surface area contributed by atoms with E-state index in [1.807, 2.05) is 19.9 Å². The average molecular weight is 1010 g/mol. The number of hydrogen-bond donors (Lipinski definition) is 0. The third-order valence-corrected chi connectivity index (χ3v) is 11.3. The Morgan fingerprint density at radius 1 is 0.610 bits per heavy atom. The van der Waals surface area contributed by atoms with Crippen LogP contribution in [0.3, 0.4) is 0 Å². The quantitative estimate of drug-likeness (QED) is 0.178. The van der Waals surface area contributed by atoms with Gasteiger partial charge in [0.2, 0.25) is 0 Å². The molecule has 2 aromatic rings. The van der Waals surface area contributed by atoms with Crippen LogP contribution in [0, 0.1) is 0 Å². The van der Waals surface area contributed by atoms with Gasteiger partial charge in [0.1, 0.15) is 0 Å². The number of halogens is 6. The number of rotatable bonds is 6. The predicted octanol–water partition coefficient (Wildman–Crippen LogP) is 4.72. The van der Waals surface area contributed by atoms with Crippen molar-refractivity contribution in [3.8, 4) is 23.0 Å². The van der Waals surface area contributed by atoms with Crippen LogP contribution in [0.1, 0.15) is 62.8 Å². The summed E-state index contributed by atoms with van der Waals surface area (Å²) in [6, 6.07) is 5.23. The van der Waals surface area contributed by atoms with E-state index < -0.39 is 59.0 Å². The first-order valence-corrected chi connectivity index (χ1v) is 18.0. The van der Waals surface area contributed by atoms with Crippen molar-refractivity contribution < 1.29 is 56.9 Å². The monoisotopic (exact) mass is 1010 g/mol. The van der Waals surface area contributed by atoms with E-state index >= 15 is 0 Å². The second kappa shape index (κ2) is 9.99. The van der Waals surface area contributed by atoms with Crippen LogP contribution in [-0.4, -0.2) is 80.3 Å². The van der Waals surface area contributed by atoms with Gasteiger partial charge in [0.15, 0.2) is 0 Å². The maximum atomic E-state index is 13.3. The molecule has 0 heterocycles. The molecule has 18 heteroatoms. The van der Waals surface area contributed by atoms with Gasteiger partial charge in [-0.2, -0.15) is 13.2 Å². The molecule has 2 aliphatic rings. The Labute approximate surface area is 265 Å². The fraction of sp³-hybridized carbons (Fsp3) is 0.478. The van der Waals surface area contributed by atoms with Crippen LogP contribution in [0.15, 0.2) is 24.3 Å². The molecule has 0 bridgehead atoms. The number of alkyl halides is 6. The van der Waals surface area contributed by atoms with Crippen LogP contribution >= 0.6 is 0 Å². The molecule has 220 valence electrons. The van der Waals surface area contributed by atoms with Gasteiger partial charge in [-0.05, 0) is 0 Å². The van der Waals surface area contributed by atoms with Gasteiger partial charge in [0.25, 0.3) is 0 Å². The first kappa shape index (κ1) is 32.9. The van der Waals surface area contributed by atoms with Gasteiger partial charge < -0.3 is 0 Å². The number of fused-ring (bicyclic) bond motifs is 4. The van der Waals surface area contributed by atoms with E-state index in [9.17, 15) is 43.2 Å². The Hall–Kier alpha value is -1.04. The Balaban J connectivity index is 2.05. The molecule has 0 radical (unpaired) electrons. The van der Waals surface area contributed by atoms with Crippen molar-refractivity contribution in [2.24, 2.45) is 0 Å². The van der Waals surface area contributed by atoms with E-state index in [1.165, 1.54) is 0 Å². The number of hydrogen-bond acceptors (Lipinski definition) is 8. The van der Waals surface area contributed by atoms with Gasteiger partial charge in [-0.15, -0.1) is 0 Å². The van der Waals surface area contributed by atoms with E-state index in [1.54, 1.807) is 19.9 Å². The summed E-state index contributed by atoms with van der Waals surface area (Å²) in [6.07, 6.45) is 0.659. The van der Waals surface area contributed by atoms with Gasteiger partial charge in [0.05, 0.1) is 0 Å². The molecule has 0 fully saturated rings. The van der Waals surface area contributed by atoms with Gasteiger partial charge in [-0.1, -0.05) is 0 Å². The van der Waals surface area contributed by atoms with Gasteiger partial charge in [-0.25, -0.2) is 0 Å². The van der Waals surface area contributed by atoms with E-state index in [-0.39, 0.29) is 63.6 Å². The van der Waals surface area contributed by atoms with Gasteiger partial charge in [0, 0.05) is 0 Å². The van der Waals surface area contributed by atoms with Crippen molar-refractivity contribution in [1.82, 2.24) is 0 Å². The molecule has 1 spiro atoms. The zero-order valence-corrected chi connectivity index (χ0v) is 32.3. The summed E-state index contributed by atoms with van der Waals surface area (Å²) in [5.41, 5.74) is -12.2. The maximum absolute atomic E-state index is 13.3.